The van der Waals surface area contributed by atoms with Crippen LogP contribution >= 0.6 is 11.8 Å². The number of carbonyl (C=O) groups is 1. The highest BCUT2D eigenvalue weighted by atomic mass is 32.2. The Balaban J connectivity index is 2.19. The van der Waals surface area contributed by atoms with Crippen LogP contribution in [-0.2, 0) is 4.79 Å². The molecule has 3 N–H and O–H groups in total. The van der Waals surface area contributed by atoms with Crippen molar-refractivity contribution in [3.8, 4) is 0 Å². The summed E-state index contributed by atoms with van der Waals surface area (Å²) in [6.45, 7) is 3.00. The molecule has 2 aromatic rings. The molecule has 0 saturated heterocycles. The van der Waals surface area contributed by atoms with E-state index in [0.717, 1.165) is 5.56 Å². The number of rotatable bonds is 7. The van der Waals surface area contributed by atoms with Gasteiger partial charge in [-0.05, 0) is 30.2 Å². The fraction of sp³-hybridized carbons (Fsp3) is 0.278. The monoisotopic (exact) mass is 332 g/mol. The number of thioether (sulfide) groups is 1. The second-order valence-corrected chi connectivity index (χ2v) is 6.57. The summed E-state index contributed by atoms with van der Waals surface area (Å²) in [5, 5.41) is 2.41. The van der Waals surface area contributed by atoms with E-state index in [9.17, 15) is 9.18 Å². The molecule has 0 aromatic heterocycles. The Labute approximate surface area is 140 Å². The zero-order valence-corrected chi connectivity index (χ0v) is 13.9. The first-order chi connectivity index (χ1) is 11.1. The highest BCUT2D eigenvalue weighted by Crippen LogP contribution is 2.36. The lowest BCUT2D eigenvalue weighted by molar-refractivity contribution is -0.120. The van der Waals surface area contributed by atoms with Crippen LogP contribution in [-0.4, -0.2) is 19.0 Å². The van der Waals surface area contributed by atoms with Crippen LogP contribution in [0.15, 0.2) is 59.5 Å². The van der Waals surface area contributed by atoms with Gasteiger partial charge in [0.1, 0.15) is 11.1 Å². The number of nitrogens with two attached hydrogens (primary N) is 1. The minimum Gasteiger partial charge on any atom is -0.355 e. The minimum atomic E-state index is -0.502. The van der Waals surface area contributed by atoms with Crippen molar-refractivity contribution in [2.24, 2.45) is 11.7 Å². The Morgan fingerprint density at radius 2 is 1.83 bits per heavy atom. The average molecular weight is 332 g/mol. The number of halogens is 1. The van der Waals surface area contributed by atoms with E-state index in [1.807, 2.05) is 37.3 Å². The molecule has 3 nitrogen and oxygen atoms in total. The second kappa shape index (κ2) is 8.70. The predicted octanol–water partition coefficient (Wildman–Crippen LogP) is 3.37. The Hall–Kier alpha value is -1.85. The lowest BCUT2D eigenvalue weighted by Crippen LogP contribution is -2.34. The molecule has 0 aliphatic carbocycles. The van der Waals surface area contributed by atoms with Gasteiger partial charge >= 0.3 is 0 Å². The Bertz CT molecular complexity index is 636. The van der Waals surface area contributed by atoms with Crippen LogP contribution in [0.2, 0.25) is 0 Å². The van der Waals surface area contributed by atoms with Gasteiger partial charge in [-0.15, -0.1) is 11.8 Å². The van der Waals surface area contributed by atoms with Gasteiger partial charge in [0, 0.05) is 11.4 Å². The van der Waals surface area contributed by atoms with E-state index < -0.39 is 5.25 Å². The fourth-order valence-corrected chi connectivity index (χ4v) is 3.09. The van der Waals surface area contributed by atoms with E-state index >= 15 is 0 Å². The maximum absolute atomic E-state index is 13.9. The molecule has 2 atom stereocenters. The standard InChI is InChI=1S/C18H21FN2OS/c1-13(11-20)12-21-18(22)17(14-7-3-2-4-8-14)23-16-10-6-5-9-15(16)19/h2-10,13,17H,11-12,20H2,1H3,(H,21,22). The summed E-state index contributed by atoms with van der Waals surface area (Å²) in [7, 11) is 0. The molecule has 0 bridgehead atoms. The summed E-state index contributed by atoms with van der Waals surface area (Å²) in [4.78, 5) is 13.0. The van der Waals surface area contributed by atoms with Gasteiger partial charge in [0.25, 0.3) is 0 Å². The molecule has 2 rings (SSSR count). The predicted molar refractivity (Wildman–Crippen MR) is 92.7 cm³/mol. The Kier molecular flexibility index (Phi) is 6.62. The van der Waals surface area contributed by atoms with Crippen LogP contribution < -0.4 is 11.1 Å². The molecule has 122 valence electrons. The van der Waals surface area contributed by atoms with Crippen molar-refractivity contribution in [1.29, 1.82) is 0 Å². The smallest absolute Gasteiger partial charge is 0.238 e. The SMILES string of the molecule is CC(CN)CNC(=O)C(Sc1ccccc1F)c1ccccc1. The van der Waals surface area contributed by atoms with Gasteiger partial charge < -0.3 is 11.1 Å². The lowest BCUT2D eigenvalue weighted by Gasteiger charge is -2.18. The first-order valence-electron chi connectivity index (χ1n) is 7.55. The third-order valence-corrected chi connectivity index (χ3v) is 4.76. The van der Waals surface area contributed by atoms with Crippen molar-refractivity contribution in [2.45, 2.75) is 17.1 Å². The van der Waals surface area contributed by atoms with Crippen LogP contribution in [0.5, 0.6) is 0 Å². The lowest BCUT2D eigenvalue weighted by atomic mass is 10.1. The van der Waals surface area contributed by atoms with Crippen molar-refractivity contribution in [3.05, 3.63) is 66.0 Å². The Morgan fingerprint density at radius 1 is 1.17 bits per heavy atom. The van der Waals surface area contributed by atoms with E-state index in [-0.39, 0.29) is 17.6 Å². The van der Waals surface area contributed by atoms with Crippen molar-refractivity contribution in [2.75, 3.05) is 13.1 Å². The normalized spacial score (nSPS) is 13.3. The number of hydrogen-bond donors (Lipinski definition) is 2. The zero-order chi connectivity index (χ0) is 16.7. The molecule has 0 fully saturated rings. The third-order valence-electron chi connectivity index (χ3n) is 3.45. The van der Waals surface area contributed by atoms with Crippen LogP contribution in [0, 0.1) is 11.7 Å². The van der Waals surface area contributed by atoms with Crippen LogP contribution in [0.4, 0.5) is 4.39 Å². The maximum Gasteiger partial charge on any atom is 0.238 e. The topological polar surface area (TPSA) is 55.1 Å². The first kappa shape index (κ1) is 17.5. The molecule has 0 saturated carbocycles. The van der Waals surface area contributed by atoms with E-state index in [1.54, 1.807) is 18.2 Å². The van der Waals surface area contributed by atoms with Gasteiger partial charge in [-0.1, -0.05) is 49.4 Å². The van der Waals surface area contributed by atoms with Gasteiger partial charge in [0.2, 0.25) is 5.91 Å². The molecule has 0 radical (unpaired) electrons. The zero-order valence-electron chi connectivity index (χ0n) is 13.0. The molecule has 0 aliphatic heterocycles. The van der Waals surface area contributed by atoms with Gasteiger partial charge in [-0.25, -0.2) is 4.39 Å². The number of carbonyl (C=O) groups excluding carboxylic acids is 1. The highest BCUT2D eigenvalue weighted by Gasteiger charge is 2.23. The summed E-state index contributed by atoms with van der Waals surface area (Å²) in [6, 6.07) is 15.9. The molecular formula is C18H21FN2OS. The molecule has 2 unspecified atom stereocenters. The van der Waals surface area contributed by atoms with Crippen molar-refractivity contribution >= 4 is 17.7 Å². The molecule has 0 heterocycles. The van der Waals surface area contributed by atoms with Crippen LogP contribution in [0.25, 0.3) is 0 Å². The number of nitrogens with one attached hydrogen (secondary N) is 1. The minimum absolute atomic E-state index is 0.134. The molecule has 5 heteroatoms. The molecule has 0 spiro atoms. The van der Waals surface area contributed by atoms with E-state index in [4.69, 9.17) is 5.73 Å². The molecule has 2 aromatic carbocycles. The molecule has 23 heavy (non-hydrogen) atoms. The Morgan fingerprint density at radius 3 is 2.48 bits per heavy atom. The average Bonchev–Trinajstić information content (AvgIpc) is 2.59. The summed E-state index contributed by atoms with van der Waals surface area (Å²) in [6.07, 6.45) is 0. The number of amides is 1. The summed E-state index contributed by atoms with van der Waals surface area (Å²) in [5.41, 5.74) is 6.43. The van der Waals surface area contributed by atoms with Gasteiger partial charge in [0.15, 0.2) is 0 Å². The fourth-order valence-electron chi connectivity index (χ4n) is 2.02. The molecule has 1 amide bonds. The van der Waals surface area contributed by atoms with E-state index in [1.165, 1.54) is 17.8 Å². The van der Waals surface area contributed by atoms with Crippen LogP contribution in [0.1, 0.15) is 17.7 Å². The molecule has 0 aliphatic rings. The summed E-state index contributed by atoms with van der Waals surface area (Å²) >= 11 is 1.22. The quantitative estimate of drug-likeness (QED) is 0.764. The largest absolute Gasteiger partial charge is 0.355 e. The van der Waals surface area contributed by atoms with Crippen molar-refractivity contribution < 1.29 is 9.18 Å². The van der Waals surface area contributed by atoms with Crippen LogP contribution in [0.3, 0.4) is 0 Å². The highest BCUT2D eigenvalue weighted by molar-refractivity contribution is 8.00. The van der Waals surface area contributed by atoms with Gasteiger partial charge in [0.05, 0.1) is 0 Å². The van der Waals surface area contributed by atoms with Crippen molar-refractivity contribution in [3.63, 3.8) is 0 Å². The van der Waals surface area contributed by atoms with E-state index in [2.05, 4.69) is 5.32 Å². The van der Waals surface area contributed by atoms with Gasteiger partial charge in [-0.3, -0.25) is 4.79 Å². The second-order valence-electron chi connectivity index (χ2n) is 5.43. The van der Waals surface area contributed by atoms with E-state index in [0.29, 0.717) is 18.0 Å². The van der Waals surface area contributed by atoms with Gasteiger partial charge in [-0.2, -0.15) is 0 Å². The first-order valence-corrected chi connectivity index (χ1v) is 8.43. The van der Waals surface area contributed by atoms with Crippen molar-refractivity contribution in [1.82, 2.24) is 5.32 Å². The summed E-state index contributed by atoms with van der Waals surface area (Å²) < 4.78 is 13.9. The third kappa shape index (κ3) is 5.08. The number of hydrogen-bond acceptors (Lipinski definition) is 3. The summed E-state index contributed by atoms with van der Waals surface area (Å²) in [5.74, 6) is -0.250. The maximum atomic E-state index is 13.9. The number of benzene rings is 2. The molecular weight excluding hydrogens is 311 g/mol.